The van der Waals surface area contributed by atoms with Crippen LogP contribution in [0.25, 0.3) is 0 Å². The summed E-state index contributed by atoms with van der Waals surface area (Å²) in [6.07, 6.45) is 6.34. The van der Waals surface area contributed by atoms with Gasteiger partial charge in [0.2, 0.25) is 17.8 Å². The number of rotatable bonds is 8. The minimum absolute atomic E-state index is 0.363. The van der Waals surface area contributed by atoms with E-state index in [9.17, 15) is 0 Å². The molecule has 0 bridgehead atoms. The second-order valence-electron chi connectivity index (χ2n) is 8.58. The van der Waals surface area contributed by atoms with Crippen molar-refractivity contribution in [3.05, 3.63) is 63.1 Å². The number of aromatic nitrogens is 3. The van der Waals surface area contributed by atoms with Crippen molar-refractivity contribution in [3.63, 3.8) is 0 Å². The SMILES string of the molecule is Clc1ccccc1COc1ccc(Br)cc1C=NNc1nc(N2CCCC2)nc(N2CCCC2)n1. The Morgan fingerprint density at radius 1 is 0.943 bits per heavy atom. The van der Waals surface area contributed by atoms with Crippen LogP contribution in [0.1, 0.15) is 36.8 Å². The molecule has 5 rings (SSSR count). The fourth-order valence-corrected chi connectivity index (χ4v) is 4.77. The average Bonchev–Trinajstić information content (AvgIpc) is 3.59. The lowest BCUT2D eigenvalue weighted by Crippen LogP contribution is -2.25. The van der Waals surface area contributed by atoms with E-state index < -0.39 is 0 Å². The molecule has 35 heavy (non-hydrogen) atoms. The molecule has 3 aromatic rings. The zero-order valence-corrected chi connectivity index (χ0v) is 21.7. The molecule has 2 aliphatic rings. The van der Waals surface area contributed by atoms with Crippen molar-refractivity contribution >= 4 is 51.6 Å². The quantitative estimate of drug-likeness (QED) is 0.289. The number of hydrazone groups is 1. The molecule has 2 fully saturated rings. The predicted octanol–water partition coefficient (Wildman–Crippen LogP) is 5.51. The summed E-state index contributed by atoms with van der Waals surface area (Å²) in [5.41, 5.74) is 4.75. The summed E-state index contributed by atoms with van der Waals surface area (Å²) in [4.78, 5) is 18.5. The summed E-state index contributed by atoms with van der Waals surface area (Å²) < 4.78 is 6.98. The largest absolute Gasteiger partial charge is 0.488 e. The van der Waals surface area contributed by atoms with E-state index in [1.54, 1.807) is 6.21 Å². The van der Waals surface area contributed by atoms with Crippen molar-refractivity contribution in [2.45, 2.75) is 32.3 Å². The Hall–Kier alpha value is -2.91. The van der Waals surface area contributed by atoms with E-state index in [2.05, 4.69) is 46.2 Å². The van der Waals surface area contributed by atoms with Gasteiger partial charge in [0.1, 0.15) is 12.4 Å². The Morgan fingerprint density at radius 3 is 2.26 bits per heavy atom. The summed E-state index contributed by atoms with van der Waals surface area (Å²) in [5, 5.41) is 5.11. The predicted molar refractivity (Wildman–Crippen MR) is 144 cm³/mol. The van der Waals surface area contributed by atoms with E-state index in [1.165, 1.54) is 0 Å². The monoisotopic (exact) mass is 555 g/mol. The number of hydrogen-bond donors (Lipinski definition) is 1. The van der Waals surface area contributed by atoms with Crippen LogP contribution in [0.2, 0.25) is 5.02 Å². The minimum atomic E-state index is 0.363. The standard InChI is InChI=1S/C25H27BrClN7O/c26-20-9-10-22(35-17-18-7-1-2-8-21(18)27)19(15-20)16-28-32-23-29-24(33-11-3-4-12-33)31-25(30-23)34-13-5-6-14-34/h1-2,7-10,15-16H,3-6,11-14,17H2,(H,29,30,31,32). The van der Waals surface area contributed by atoms with Gasteiger partial charge in [-0.1, -0.05) is 45.7 Å². The number of nitrogens with zero attached hydrogens (tertiary/aromatic N) is 6. The Morgan fingerprint density at radius 2 is 1.60 bits per heavy atom. The fraction of sp³-hybridized carbons (Fsp3) is 0.360. The Kier molecular flexibility index (Phi) is 7.63. The van der Waals surface area contributed by atoms with Crippen molar-refractivity contribution in [2.24, 2.45) is 5.10 Å². The van der Waals surface area contributed by atoms with Crippen LogP contribution < -0.4 is 20.0 Å². The van der Waals surface area contributed by atoms with Gasteiger partial charge in [-0.2, -0.15) is 20.1 Å². The van der Waals surface area contributed by atoms with Crippen LogP contribution in [0.3, 0.4) is 0 Å². The third kappa shape index (κ3) is 6.02. The van der Waals surface area contributed by atoms with Crippen LogP contribution in [-0.4, -0.2) is 47.3 Å². The van der Waals surface area contributed by atoms with Crippen molar-refractivity contribution in [1.29, 1.82) is 0 Å². The number of nitrogens with one attached hydrogen (secondary N) is 1. The van der Waals surface area contributed by atoms with Gasteiger partial charge in [0.05, 0.1) is 6.21 Å². The molecule has 8 nitrogen and oxygen atoms in total. The lowest BCUT2D eigenvalue weighted by Gasteiger charge is -2.20. The molecule has 182 valence electrons. The van der Waals surface area contributed by atoms with Gasteiger partial charge in [0.25, 0.3) is 0 Å². The number of anilines is 3. The summed E-state index contributed by atoms with van der Waals surface area (Å²) in [7, 11) is 0. The first-order valence-corrected chi connectivity index (χ1v) is 13.0. The molecule has 0 atom stereocenters. The Labute approximate surface area is 218 Å². The van der Waals surface area contributed by atoms with Crippen molar-refractivity contribution in [2.75, 3.05) is 41.4 Å². The molecule has 0 spiro atoms. The maximum atomic E-state index is 6.28. The molecular formula is C25H27BrClN7O. The summed E-state index contributed by atoms with van der Waals surface area (Å²) in [6, 6.07) is 13.4. The molecule has 3 heterocycles. The maximum absolute atomic E-state index is 6.28. The van der Waals surface area contributed by atoms with Gasteiger partial charge < -0.3 is 14.5 Å². The van der Waals surface area contributed by atoms with Gasteiger partial charge in [-0.25, -0.2) is 5.43 Å². The van der Waals surface area contributed by atoms with Crippen molar-refractivity contribution in [3.8, 4) is 5.75 Å². The van der Waals surface area contributed by atoms with Crippen LogP contribution in [0.15, 0.2) is 52.0 Å². The number of benzene rings is 2. The van der Waals surface area contributed by atoms with E-state index in [0.717, 1.165) is 67.5 Å². The minimum Gasteiger partial charge on any atom is -0.488 e. The molecule has 0 radical (unpaired) electrons. The first kappa shape index (κ1) is 23.8. The number of ether oxygens (including phenoxy) is 1. The lowest BCUT2D eigenvalue weighted by molar-refractivity contribution is 0.306. The van der Waals surface area contributed by atoms with E-state index >= 15 is 0 Å². The van der Waals surface area contributed by atoms with E-state index in [1.807, 2.05) is 42.5 Å². The summed E-state index contributed by atoms with van der Waals surface area (Å²) in [6.45, 7) is 4.24. The van der Waals surface area contributed by atoms with Gasteiger partial charge in [0.15, 0.2) is 0 Å². The van der Waals surface area contributed by atoms with Crippen molar-refractivity contribution < 1.29 is 4.74 Å². The third-order valence-corrected chi connectivity index (χ3v) is 6.93. The van der Waals surface area contributed by atoms with Crippen LogP contribution >= 0.6 is 27.5 Å². The highest BCUT2D eigenvalue weighted by Gasteiger charge is 2.21. The molecule has 0 unspecified atom stereocenters. The van der Waals surface area contributed by atoms with Gasteiger partial charge in [-0.15, -0.1) is 0 Å². The maximum Gasteiger partial charge on any atom is 0.250 e. The molecule has 2 saturated heterocycles. The first-order chi connectivity index (χ1) is 17.2. The average molecular weight is 557 g/mol. The zero-order valence-electron chi connectivity index (χ0n) is 19.3. The van der Waals surface area contributed by atoms with Crippen LogP contribution in [0.4, 0.5) is 17.8 Å². The molecule has 2 aromatic carbocycles. The molecule has 0 aliphatic carbocycles. The third-order valence-electron chi connectivity index (χ3n) is 6.07. The highest BCUT2D eigenvalue weighted by Crippen LogP contribution is 2.25. The molecule has 2 aliphatic heterocycles. The van der Waals surface area contributed by atoms with E-state index in [-0.39, 0.29) is 0 Å². The molecule has 0 amide bonds. The lowest BCUT2D eigenvalue weighted by atomic mass is 10.2. The van der Waals surface area contributed by atoms with Gasteiger partial charge in [-0.3, -0.25) is 0 Å². The number of hydrogen-bond acceptors (Lipinski definition) is 8. The van der Waals surface area contributed by atoms with Gasteiger partial charge >= 0.3 is 0 Å². The van der Waals surface area contributed by atoms with Crippen molar-refractivity contribution in [1.82, 2.24) is 15.0 Å². The van der Waals surface area contributed by atoms with Gasteiger partial charge in [-0.05, 0) is 49.9 Å². The normalized spacial score (nSPS) is 15.8. The zero-order chi connectivity index (χ0) is 24.0. The topological polar surface area (TPSA) is 78.8 Å². The second kappa shape index (κ2) is 11.2. The summed E-state index contributed by atoms with van der Waals surface area (Å²) >= 11 is 9.81. The Bertz CT molecular complexity index is 1160. The van der Waals surface area contributed by atoms with Crippen LogP contribution in [-0.2, 0) is 6.61 Å². The smallest absolute Gasteiger partial charge is 0.250 e. The molecule has 1 N–H and O–H groups in total. The summed E-state index contributed by atoms with van der Waals surface area (Å²) in [5.74, 6) is 2.56. The number of halogens is 2. The Balaban J connectivity index is 1.33. The van der Waals surface area contributed by atoms with E-state index in [4.69, 9.17) is 21.3 Å². The molecular weight excluding hydrogens is 530 g/mol. The fourth-order valence-electron chi connectivity index (χ4n) is 4.20. The van der Waals surface area contributed by atoms with Crippen LogP contribution in [0.5, 0.6) is 5.75 Å². The molecule has 10 heteroatoms. The molecule has 0 saturated carbocycles. The highest BCUT2D eigenvalue weighted by atomic mass is 79.9. The van der Waals surface area contributed by atoms with E-state index in [0.29, 0.717) is 35.2 Å². The van der Waals surface area contributed by atoms with Crippen LogP contribution in [0, 0.1) is 0 Å². The second-order valence-corrected chi connectivity index (χ2v) is 9.90. The first-order valence-electron chi connectivity index (χ1n) is 11.9. The molecule has 1 aromatic heterocycles. The highest BCUT2D eigenvalue weighted by molar-refractivity contribution is 9.10. The van der Waals surface area contributed by atoms with Gasteiger partial charge in [0, 0.05) is 46.8 Å².